The number of hydrogen-bond donors (Lipinski definition) is 2. The van der Waals surface area contributed by atoms with E-state index >= 15 is 0 Å². The lowest BCUT2D eigenvalue weighted by atomic mass is 9.71. The molecular formula is C19H32Cl2N4O2. The second-order valence-electron chi connectivity index (χ2n) is 7.30. The fourth-order valence-electron chi connectivity index (χ4n) is 3.98. The zero-order valence-corrected chi connectivity index (χ0v) is 17.5. The van der Waals surface area contributed by atoms with Crippen molar-refractivity contribution in [1.29, 1.82) is 0 Å². The summed E-state index contributed by atoms with van der Waals surface area (Å²) in [5.74, 6) is 1.06. The zero-order chi connectivity index (χ0) is 17.5. The molecular weight excluding hydrogens is 387 g/mol. The Morgan fingerprint density at radius 2 is 1.93 bits per heavy atom. The van der Waals surface area contributed by atoms with Gasteiger partial charge in [0.15, 0.2) is 0 Å². The van der Waals surface area contributed by atoms with Crippen LogP contribution in [0.5, 0.6) is 0 Å². The van der Waals surface area contributed by atoms with E-state index in [-0.39, 0.29) is 36.1 Å². The van der Waals surface area contributed by atoms with Crippen LogP contribution in [0.3, 0.4) is 0 Å². The van der Waals surface area contributed by atoms with Gasteiger partial charge in [0.05, 0.1) is 13.2 Å². The lowest BCUT2D eigenvalue weighted by Crippen LogP contribution is -2.39. The van der Waals surface area contributed by atoms with E-state index in [2.05, 4.69) is 15.2 Å². The summed E-state index contributed by atoms with van der Waals surface area (Å²) in [5, 5.41) is 3.09. The summed E-state index contributed by atoms with van der Waals surface area (Å²) >= 11 is 0. The van der Waals surface area contributed by atoms with Gasteiger partial charge in [0, 0.05) is 37.8 Å². The van der Waals surface area contributed by atoms with Crippen LogP contribution in [0.4, 0.5) is 5.82 Å². The Hall–Kier alpha value is -1.08. The first kappa shape index (κ1) is 24.0. The summed E-state index contributed by atoms with van der Waals surface area (Å²) in [6.45, 7) is 4.25. The zero-order valence-electron chi connectivity index (χ0n) is 15.8. The van der Waals surface area contributed by atoms with Crippen LogP contribution in [-0.4, -0.2) is 43.7 Å². The predicted molar refractivity (Wildman–Crippen MR) is 113 cm³/mol. The van der Waals surface area contributed by atoms with E-state index in [1.165, 1.54) is 19.3 Å². The van der Waals surface area contributed by atoms with Crippen molar-refractivity contribution in [3.8, 4) is 0 Å². The van der Waals surface area contributed by atoms with Crippen LogP contribution >= 0.6 is 24.8 Å². The summed E-state index contributed by atoms with van der Waals surface area (Å²) in [5.41, 5.74) is 7.07. The van der Waals surface area contributed by atoms with Gasteiger partial charge in [-0.25, -0.2) is 4.98 Å². The third-order valence-corrected chi connectivity index (χ3v) is 5.54. The summed E-state index contributed by atoms with van der Waals surface area (Å²) in [6.07, 6.45) is 8.13. The molecule has 1 aliphatic carbocycles. The number of nitrogens with two attached hydrogens (primary N) is 1. The molecule has 0 aromatic carbocycles. The highest BCUT2D eigenvalue weighted by molar-refractivity contribution is 5.85. The molecule has 27 heavy (non-hydrogen) atoms. The SMILES string of the molecule is Cl.Cl.NCC1(CC(=O)NCc2cccnc2N2CCOCC2)CCCCC1. The number of carbonyl (C=O) groups excluding carboxylic acids is 1. The molecule has 1 aromatic heterocycles. The maximum absolute atomic E-state index is 12.5. The Bertz CT molecular complexity index is 577. The number of rotatable bonds is 6. The number of morpholine rings is 1. The van der Waals surface area contributed by atoms with Crippen molar-refractivity contribution in [3.05, 3.63) is 23.9 Å². The number of ether oxygens (including phenoxy) is 1. The van der Waals surface area contributed by atoms with Crippen molar-refractivity contribution in [1.82, 2.24) is 10.3 Å². The first-order chi connectivity index (χ1) is 12.2. The molecule has 0 bridgehead atoms. The van der Waals surface area contributed by atoms with Gasteiger partial charge in [0.1, 0.15) is 5.82 Å². The van der Waals surface area contributed by atoms with Crippen LogP contribution in [0, 0.1) is 5.41 Å². The van der Waals surface area contributed by atoms with E-state index < -0.39 is 0 Å². The summed E-state index contributed by atoms with van der Waals surface area (Å²) in [7, 11) is 0. The smallest absolute Gasteiger partial charge is 0.220 e. The molecule has 0 spiro atoms. The molecule has 1 amide bonds. The largest absolute Gasteiger partial charge is 0.378 e. The van der Waals surface area contributed by atoms with Gasteiger partial charge in [-0.3, -0.25) is 4.79 Å². The highest BCUT2D eigenvalue weighted by Crippen LogP contribution is 2.38. The molecule has 1 saturated heterocycles. The average Bonchev–Trinajstić information content (AvgIpc) is 2.68. The molecule has 3 N–H and O–H groups in total. The number of hydrogen-bond acceptors (Lipinski definition) is 5. The van der Waals surface area contributed by atoms with Crippen LogP contribution in [0.15, 0.2) is 18.3 Å². The second-order valence-corrected chi connectivity index (χ2v) is 7.30. The molecule has 6 nitrogen and oxygen atoms in total. The highest BCUT2D eigenvalue weighted by atomic mass is 35.5. The number of pyridine rings is 1. The lowest BCUT2D eigenvalue weighted by molar-refractivity contribution is -0.124. The maximum Gasteiger partial charge on any atom is 0.220 e. The Balaban J connectivity index is 0.00000182. The van der Waals surface area contributed by atoms with E-state index in [1.54, 1.807) is 0 Å². The number of aromatic nitrogens is 1. The number of nitrogens with zero attached hydrogens (tertiary/aromatic N) is 2. The number of anilines is 1. The number of carbonyl (C=O) groups is 1. The lowest BCUT2D eigenvalue weighted by Gasteiger charge is -2.35. The van der Waals surface area contributed by atoms with Crippen LogP contribution in [0.1, 0.15) is 44.1 Å². The van der Waals surface area contributed by atoms with Gasteiger partial charge in [-0.05, 0) is 30.9 Å². The molecule has 0 unspecified atom stereocenters. The minimum absolute atomic E-state index is 0. The molecule has 1 aliphatic heterocycles. The Kier molecular flexibility index (Phi) is 10.4. The fraction of sp³-hybridized carbons (Fsp3) is 0.684. The van der Waals surface area contributed by atoms with Gasteiger partial charge in [-0.15, -0.1) is 24.8 Å². The van der Waals surface area contributed by atoms with Crippen molar-refractivity contribution in [2.75, 3.05) is 37.7 Å². The van der Waals surface area contributed by atoms with Gasteiger partial charge in [0.2, 0.25) is 5.91 Å². The maximum atomic E-state index is 12.5. The third-order valence-electron chi connectivity index (χ3n) is 5.54. The first-order valence-electron chi connectivity index (χ1n) is 9.46. The third kappa shape index (κ3) is 6.49. The molecule has 0 radical (unpaired) electrons. The van der Waals surface area contributed by atoms with Gasteiger partial charge < -0.3 is 20.7 Å². The topological polar surface area (TPSA) is 80.5 Å². The van der Waals surface area contributed by atoms with Crippen molar-refractivity contribution in [2.24, 2.45) is 11.1 Å². The molecule has 1 saturated carbocycles. The van der Waals surface area contributed by atoms with Gasteiger partial charge in [-0.1, -0.05) is 25.3 Å². The monoisotopic (exact) mass is 418 g/mol. The number of amides is 1. The van der Waals surface area contributed by atoms with Crippen LogP contribution < -0.4 is 16.0 Å². The summed E-state index contributed by atoms with van der Waals surface area (Å²) < 4.78 is 5.42. The van der Waals surface area contributed by atoms with Crippen molar-refractivity contribution < 1.29 is 9.53 Å². The van der Waals surface area contributed by atoms with E-state index in [0.29, 0.717) is 19.5 Å². The Morgan fingerprint density at radius 1 is 1.22 bits per heavy atom. The minimum Gasteiger partial charge on any atom is -0.378 e. The summed E-state index contributed by atoms with van der Waals surface area (Å²) in [4.78, 5) is 19.3. The quantitative estimate of drug-likeness (QED) is 0.741. The highest BCUT2D eigenvalue weighted by Gasteiger charge is 2.32. The average molecular weight is 419 g/mol. The van der Waals surface area contributed by atoms with E-state index in [0.717, 1.165) is 50.5 Å². The molecule has 2 heterocycles. The number of nitrogens with one attached hydrogen (secondary N) is 1. The van der Waals surface area contributed by atoms with Crippen molar-refractivity contribution >= 4 is 36.5 Å². The summed E-state index contributed by atoms with van der Waals surface area (Å²) in [6, 6.07) is 3.96. The predicted octanol–water partition coefficient (Wildman–Crippen LogP) is 2.68. The Labute approximate surface area is 174 Å². The van der Waals surface area contributed by atoms with Crippen molar-refractivity contribution in [2.45, 2.75) is 45.1 Å². The molecule has 0 atom stereocenters. The molecule has 2 fully saturated rings. The normalized spacial score (nSPS) is 18.8. The molecule has 2 aliphatic rings. The first-order valence-corrected chi connectivity index (χ1v) is 9.46. The van der Waals surface area contributed by atoms with E-state index in [4.69, 9.17) is 10.5 Å². The minimum atomic E-state index is 0. The van der Waals surface area contributed by atoms with E-state index in [1.807, 2.05) is 18.3 Å². The standard InChI is InChI=1S/C19H30N4O2.2ClH/c20-15-19(6-2-1-3-7-19)13-17(24)22-14-16-5-4-8-21-18(16)23-9-11-25-12-10-23;;/h4-5,8H,1-3,6-7,9-15,20H2,(H,22,24);2*1H. The second kappa shape index (κ2) is 11.7. The van der Waals surface area contributed by atoms with Gasteiger partial charge in [0.25, 0.3) is 0 Å². The van der Waals surface area contributed by atoms with Crippen LogP contribution in [0.25, 0.3) is 0 Å². The van der Waals surface area contributed by atoms with E-state index in [9.17, 15) is 4.79 Å². The molecule has 154 valence electrons. The van der Waals surface area contributed by atoms with Crippen molar-refractivity contribution in [3.63, 3.8) is 0 Å². The Morgan fingerprint density at radius 3 is 2.59 bits per heavy atom. The van der Waals surface area contributed by atoms with Crippen LogP contribution in [-0.2, 0) is 16.1 Å². The molecule has 1 aromatic rings. The number of halogens is 2. The van der Waals surface area contributed by atoms with Crippen LogP contribution in [0.2, 0.25) is 0 Å². The van der Waals surface area contributed by atoms with Gasteiger partial charge >= 0.3 is 0 Å². The van der Waals surface area contributed by atoms with Gasteiger partial charge in [-0.2, -0.15) is 0 Å². The molecule has 8 heteroatoms. The molecule has 3 rings (SSSR count). The fourth-order valence-corrected chi connectivity index (χ4v) is 3.98.